The van der Waals surface area contributed by atoms with Gasteiger partial charge in [0.25, 0.3) is 0 Å². The third-order valence-corrected chi connectivity index (χ3v) is 2.52. The highest BCUT2D eigenvalue weighted by molar-refractivity contribution is 5.88. The standard InChI is InChI=1S/C13H6F4O2/c14-9-2-1-6(3-12(9)17)7-4-11(16)8(13(18)19)5-10(7)15/h1-5H,(H,18,19). The molecule has 19 heavy (non-hydrogen) atoms. The first-order valence-electron chi connectivity index (χ1n) is 5.08. The van der Waals surface area contributed by atoms with E-state index in [2.05, 4.69) is 0 Å². The summed E-state index contributed by atoms with van der Waals surface area (Å²) in [5.74, 6) is -6.14. The van der Waals surface area contributed by atoms with Crippen molar-refractivity contribution < 1.29 is 27.5 Å². The third-order valence-electron chi connectivity index (χ3n) is 2.52. The van der Waals surface area contributed by atoms with E-state index in [0.29, 0.717) is 18.2 Å². The molecule has 0 unspecified atom stereocenters. The van der Waals surface area contributed by atoms with Crippen LogP contribution in [0.1, 0.15) is 10.4 Å². The van der Waals surface area contributed by atoms with Crippen LogP contribution in [0.2, 0.25) is 0 Å². The minimum atomic E-state index is -1.62. The molecule has 98 valence electrons. The Morgan fingerprint density at radius 3 is 2.11 bits per heavy atom. The highest BCUT2D eigenvalue weighted by Gasteiger charge is 2.17. The number of carboxylic acids is 1. The topological polar surface area (TPSA) is 37.3 Å². The monoisotopic (exact) mass is 270 g/mol. The van der Waals surface area contributed by atoms with Crippen molar-refractivity contribution in [3.05, 3.63) is 59.2 Å². The summed E-state index contributed by atoms with van der Waals surface area (Å²) < 4.78 is 52.9. The lowest BCUT2D eigenvalue weighted by Gasteiger charge is -2.06. The molecule has 0 aromatic heterocycles. The van der Waals surface area contributed by atoms with Crippen LogP contribution in [0.25, 0.3) is 11.1 Å². The number of aromatic carboxylic acids is 1. The number of hydrogen-bond donors (Lipinski definition) is 1. The molecular formula is C13H6F4O2. The van der Waals surface area contributed by atoms with Crippen LogP contribution in [0.3, 0.4) is 0 Å². The predicted octanol–water partition coefficient (Wildman–Crippen LogP) is 3.61. The van der Waals surface area contributed by atoms with Crippen LogP contribution < -0.4 is 0 Å². The Hall–Kier alpha value is -2.37. The molecular weight excluding hydrogens is 264 g/mol. The van der Waals surface area contributed by atoms with Gasteiger partial charge in [0, 0.05) is 5.56 Å². The van der Waals surface area contributed by atoms with Gasteiger partial charge in [0.1, 0.15) is 11.6 Å². The fourth-order valence-corrected chi connectivity index (χ4v) is 1.60. The molecule has 0 amide bonds. The van der Waals surface area contributed by atoms with Crippen molar-refractivity contribution in [1.82, 2.24) is 0 Å². The Kier molecular flexibility index (Phi) is 3.25. The molecule has 0 aliphatic heterocycles. The van der Waals surface area contributed by atoms with Crippen molar-refractivity contribution in [3.63, 3.8) is 0 Å². The molecule has 0 saturated heterocycles. The predicted molar refractivity (Wildman–Crippen MR) is 58.7 cm³/mol. The van der Waals surface area contributed by atoms with E-state index in [-0.39, 0.29) is 11.1 Å². The van der Waals surface area contributed by atoms with Crippen molar-refractivity contribution >= 4 is 5.97 Å². The molecule has 2 aromatic carbocycles. The van der Waals surface area contributed by atoms with Gasteiger partial charge in [-0.05, 0) is 29.8 Å². The molecule has 0 heterocycles. The number of carbonyl (C=O) groups is 1. The average Bonchev–Trinajstić information content (AvgIpc) is 2.35. The SMILES string of the molecule is O=C(O)c1cc(F)c(-c2ccc(F)c(F)c2)cc1F. The van der Waals surface area contributed by atoms with Gasteiger partial charge in [-0.1, -0.05) is 6.07 Å². The maximum Gasteiger partial charge on any atom is 0.338 e. The smallest absolute Gasteiger partial charge is 0.338 e. The second-order valence-electron chi connectivity index (χ2n) is 3.75. The van der Waals surface area contributed by atoms with E-state index in [0.717, 1.165) is 12.1 Å². The molecule has 0 radical (unpaired) electrons. The Labute approximate surface area is 104 Å². The maximum absolute atomic E-state index is 13.7. The van der Waals surface area contributed by atoms with Crippen LogP contribution in [-0.4, -0.2) is 11.1 Å². The summed E-state index contributed by atoms with van der Waals surface area (Å²) in [6.07, 6.45) is 0. The molecule has 2 nitrogen and oxygen atoms in total. The van der Waals surface area contributed by atoms with Gasteiger partial charge in [-0.15, -0.1) is 0 Å². The number of halogens is 4. The largest absolute Gasteiger partial charge is 0.478 e. The number of hydrogen-bond acceptors (Lipinski definition) is 1. The molecule has 2 rings (SSSR count). The first kappa shape index (κ1) is 13.1. The van der Waals surface area contributed by atoms with Crippen molar-refractivity contribution in [1.29, 1.82) is 0 Å². The van der Waals surface area contributed by atoms with E-state index in [9.17, 15) is 22.4 Å². The molecule has 0 atom stereocenters. The highest BCUT2D eigenvalue weighted by Crippen LogP contribution is 2.27. The molecule has 0 bridgehead atoms. The van der Waals surface area contributed by atoms with E-state index < -0.39 is 34.8 Å². The minimum Gasteiger partial charge on any atom is -0.478 e. The Balaban J connectivity index is 2.60. The summed E-state index contributed by atoms with van der Waals surface area (Å²) in [6.45, 7) is 0. The fourth-order valence-electron chi connectivity index (χ4n) is 1.60. The Morgan fingerprint density at radius 2 is 1.53 bits per heavy atom. The number of rotatable bonds is 2. The lowest BCUT2D eigenvalue weighted by molar-refractivity contribution is 0.0691. The third kappa shape index (κ3) is 2.42. The van der Waals surface area contributed by atoms with E-state index in [1.807, 2.05) is 0 Å². The molecule has 0 spiro atoms. The minimum absolute atomic E-state index is 0.0905. The molecule has 1 N–H and O–H groups in total. The van der Waals surface area contributed by atoms with Crippen LogP contribution in [0.4, 0.5) is 17.6 Å². The number of carboxylic acid groups (broad SMARTS) is 1. The summed E-state index contributed by atoms with van der Waals surface area (Å²) in [7, 11) is 0. The van der Waals surface area contributed by atoms with Gasteiger partial charge in [0.15, 0.2) is 11.6 Å². The molecule has 0 fully saturated rings. The zero-order valence-corrected chi connectivity index (χ0v) is 9.25. The van der Waals surface area contributed by atoms with Gasteiger partial charge in [-0.3, -0.25) is 0 Å². The van der Waals surface area contributed by atoms with E-state index in [1.54, 1.807) is 0 Å². The van der Waals surface area contributed by atoms with Gasteiger partial charge >= 0.3 is 5.97 Å². The average molecular weight is 270 g/mol. The first-order chi connectivity index (χ1) is 8.90. The zero-order chi connectivity index (χ0) is 14.2. The number of benzene rings is 2. The molecule has 0 aliphatic rings. The Bertz CT molecular complexity index is 668. The summed E-state index contributed by atoms with van der Waals surface area (Å²) in [5, 5.41) is 8.62. The molecule has 2 aromatic rings. The van der Waals surface area contributed by atoms with Crippen LogP contribution in [-0.2, 0) is 0 Å². The second-order valence-corrected chi connectivity index (χ2v) is 3.75. The molecule has 0 saturated carbocycles. The van der Waals surface area contributed by atoms with Crippen molar-refractivity contribution in [2.75, 3.05) is 0 Å². The van der Waals surface area contributed by atoms with Crippen LogP contribution >= 0.6 is 0 Å². The van der Waals surface area contributed by atoms with Gasteiger partial charge in [-0.2, -0.15) is 0 Å². The van der Waals surface area contributed by atoms with E-state index in [1.165, 1.54) is 0 Å². The maximum atomic E-state index is 13.7. The van der Waals surface area contributed by atoms with Crippen molar-refractivity contribution in [2.24, 2.45) is 0 Å². The lowest BCUT2D eigenvalue weighted by atomic mass is 10.0. The Morgan fingerprint density at radius 1 is 0.842 bits per heavy atom. The lowest BCUT2D eigenvalue weighted by Crippen LogP contribution is -2.02. The van der Waals surface area contributed by atoms with Crippen molar-refractivity contribution in [2.45, 2.75) is 0 Å². The van der Waals surface area contributed by atoms with Crippen LogP contribution in [0.15, 0.2) is 30.3 Å². The fraction of sp³-hybridized carbons (Fsp3) is 0. The van der Waals surface area contributed by atoms with Gasteiger partial charge in [-0.25, -0.2) is 22.4 Å². The quantitative estimate of drug-likeness (QED) is 0.846. The van der Waals surface area contributed by atoms with Crippen LogP contribution in [0.5, 0.6) is 0 Å². The summed E-state index contributed by atoms with van der Waals surface area (Å²) in [5.41, 5.74) is -1.27. The molecule has 0 aliphatic carbocycles. The summed E-state index contributed by atoms with van der Waals surface area (Å²) >= 11 is 0. The first-order valence-corrected chi connectivity index (χ1v) is 5.08. The molecule has 6 heteroatoms. The van der Waals surface area contributed by atoms with Crippen molar-refractivity contribution in [3.8, 4) is 11.1 Å². The van der Waals surface area contributed by atoms with E-state index >= 15 is 0 Å². The highest BCUT2D eigenvalue weighted by atomic mass is 19.2. The van der Waals surface area contributed by atoms with Crippen LogP contribution in [0, 0.1) is 23.3 Å². The summed E-state index contributed by atoms with van der Waals surface area (Å²) in [6, 6.07) is 3.66. The van der Waals surface area contributed by atoms with E-state index in [4.69, 9.17) is 5.11 Å². The summed E-state index contributed by atoms with van der Waals surface area (Å²) in [4.78, 5) is 10.6. The second kappa shape index (κ2) is 4.72. The van der Waals surface area contributed by atoms with Gasteiger partial charge in [0.2, 0.25) is 0 Å². The van der Waals surface area contributed by atoms with Gasteiger partial charge < -0.3 is 5.11 Å². The zero-order valence-electron chi connectivity index (χ0n) is 9.25. The van der Waals surface area contributed by atoms with Gasteiger partial charge in [0.05, 0.1) is 5.56 Å². The normalized spacial score (nSPS) is 10.5.